The minimum absolute atomic E-state index is 0.0258. The zero-order valence-corrected chi connectivity index (χ0v) is 17.9. The van der Waals surface area contributed by atoms with Crippen LogP contribution < -0.4 is 20.9 Å². The molecule has 7 nitrogen and oxygen atoms in total. The van der Waals surface area contributed by atoms with E-state index >= 15 is 0 Å². The quantitative estimate of drug-likeness (QED) is 0.459. The van der Waals surface area contributed by atoms with Crippen LogP contribution in [0.4, 0.5) is 11.4 Å². The maximum atomic E-state index is 12.9. The summed E-state index contributed by atoms with van der Waals surface area (Å²) in [5, 5.41) is 5.81. The number of nitrogens with one attached hydrogen (secondary N) is 2. The van der Waals surface area contributed by atoms with Gasteiger partial charge in [0, 0.05) is 12.7 Å². The van der Waals surface area contributed by atoms with E-state index in [2.05, 4.69) is 10.6 Å². The molecule has 2 N–H and O–H groups in total. The largest absolute Gasteiger partial charge is 0.457 e. The number of benzene rings is 3. The van der Waals surface area contributed by atoms with Gasteiger partial charge in [-0.1, -0.05) is 36.4 Å². The van der Waals surface area contributed by atoms with Gasteiger partial charge in [0.25, 0.3) is 5.56 Å². The Morgan fingerprint density at radius 2 is 1.47 bits per heavy atom. The lowest BCUT2D eigenvalue weighted by Gasteiger charge is -2.09. The Morgan fingerprint density at radius 1 is 0.875 bits per heavy atom. The fourth-order valence-electron chi connectivity index (χ4n) is 3.34. The van der Waals surface area contributed by atoms with Gasteiger partial charge in [0.15, 0.2) is 0 Å². The van der Waals surface area contributed by atoms with E-state index in [4.69, 9.17) is 4.74 Å². The van der Waals surface area contributed by atoms with E-state index < -0.39 is 0 Å². The first kappa shape index (κ1) is 21.0. The van der Waals surface area contributed by atoms with E-state index in [9.17, 15) is 9.59 Å². The molecule has 0 fully saturated rings. The van der Waals surface area contributed by atoms with Crippen LogP contribution in [-0.4, -0.2) is 21.8 Å². The molecular weight excluding hydrogens is 404 g/mol. The van der Waals surface area contributed by atoms with Crippen LogP contribution in [0.3, 0.4) is 0 Å². The highest BCUT2D eigenvalue weighted by molar-refractivity contribution is 5.94. The second kappa shape index (κ2) is 9.26. The van der Waals surface area contributed by atoms with Gasteiger partial charge < -0.3 is 15.4 Å². The van der Waals surface area contributed by atoms with Gasteiger partial charge in [-0.3, -0.25) is 14.3 Å². The molecule has 7 heteroatoms. The lowest BCUT2D eigenvalue weighted by molar-refractivity contribution is -0.114. The van der Waals surface area contributed by atoms with E-state index in [-0.39, 0.29) is 23.7 Å². The molecule has 1 aromatic heterocycles. The van der Waals surface area contributed by atoms with E-state index in [1.807, 2.05) is 84.9 Å². The summed E-state index contributed by atoms with van der Waals surface area (Å²) in [5.74, 6) is 1.15. The molecule has 0 aliphatic carbocycles. The van der Waals surface area contributed by atoms with Crippen molar-refractivity contribution in [3.05, 3.63) is 101 Å². The highest BCUT2D eigenvalue weighted by Crippen LogP contribution is 2.22. The predicted octanol–water partition coefficient (Wildman–Crippen LogP) is 4.33. The van der Waals surface area contributed by atoms with Gasteiger partial charge in [0.05, 0.1) is 17.9 Å². The van der Waals surface area contributed by atoms with Crippen LogP contribution >= 0.6 is 0 Å². The molecule has 3 aromatic carbocycles. The summed E-state index contributed by atoms with van der Waals surface area (Å²) in [6, 6.07) is 26.1. The monoisotopic (exact) mass is 428 g/mol. The molecule has 0 atom stereocenters. The Morgan fingerprint density at radius 3 is 2.12 bits per heavy atom. The van der Waals surface area contributed by atoms with Crippen molar-refractivity contribution in [3.8, 4) is 17.2 Å². The van der Waals surface area contributed by atoms with Crippen molar-refractivity contribution >= 4 is 17.3 Å². The lowest BCUT2D eigenvalue weighted by Crippen LogP contribution is -2.26. The Hall–Kier alpha value is -4.26. The number of ether oxygens (including phenoxy) is 1. The third kappa shape index (κ3) is 4.57. The van der Waals surface area contributed by atoms with E-state index in [0.29, 0.717) is 11.4 Å². The van der Waals surface area contributed by atoms with Gasteiger partial charge in [-0.25, -0.2) is 4.68 Å². The van der Waals surface area contributed by atoms with Gasteiger partial charge in [-0.05, 0) is 55.5 Å². The Balaban J connectivity index is 1.39. The third-order valence-electron chi connectivity index (χ3n) is 5.10. The topological polar surface area (TPSA) is 77.3 Å². The minimum atomic E-state index is -0.305. The summed E-state index contributed by atoms with van der Waals surface area (Å²) in [6.07, 6.45) is 0. The number of hydrogen-bond acceptors (Lipinski definition) is 4. The molecule has 1 amide bonds. The Kier molecular flexibility index (Phi) is 6.07. The average Bonchev–Trinajstić information content (AvgIpc) is 3.03. The van der Waals surface area contributed by atoms with Crippen LogP contribution in [-0.2, 0) is 11.8 Å². The van der Waals surface area contributed by atoms with E-state index in [1.165, 1.54) is 4.68 Å². The first-order valence-corrected chi connectivity index (χ1v) is 10.2. The van der Waals surface area contributed by atoms with Crippen LogP contribution in [0.2, 0.25) is 0 Å². The lowest BCUT2D eigenvalue weighted by atomic mass is 10.3. The van der Waals surface area contributed by atoms with Crippen LogP contribution in [0.25, 0.3) is 5.69 Å². The number of amides is 1. The molecule has 4 aromatic rings. The maximum absolute atomic E-state index is 12.9. The van der Waals surface area contributed by atoms with Gasteiger partial charge in [-0.2, -0.15) is 0 Å². The van der Waals surface area contributed by atoms with Crippen molar-refractivity contribution in [2.24, 2.45) is 7.05 Å². The highest BCUT2D eigenvalue weighted by Gasteiger charge is 2.17. The number of para-hydroxylation sites is 2. The first-order valence-electron chi connectivity index (χ1n) is 10.2. The van der Waals surface area contributed by atoms with Crippen LogP contribution in [0.5, 0.6) is 11.5 Å². The molecule has 1 heterocycles. The molecule has 0 spiro atoms. The molecule has 162 valence electrons. The molecule has 4 rings (SSSR count). The predicted molar refractivity (Wildman–Crippen MR) is 126 cm³/mol. The van der Waals surface area contributed by atoms with Crippen molar-refractivity contribution in [3.63, 3.8) is 0 Å². The molecule has 0 aliphatic heterocycles. The van der Waals surface area contributed by atoms with Crippen molar-refractivity contribution in [1.29, 1.82) is 0 Å². The molecule has 0 saturated carbocycles. The molecule has 0 radical (unpaired) electrons. The smallest absolute Gasteiger partial charge is 0.295 e. The van der Waals surface area contributed by atoms with Crippen molar-refractivity contribution in [1.82, 2.24) is 9.36 Å². The van der Waals surface area contributed by atoms with Crippen LogP contribution in [0, 0.1) is 6.92 Å². The number of aromatic nitrogens is 2. The van der Waals surface area contributed by atoms with Crippen LogP contribution in [0.1, 0.15) is 5.69 Å². The maximum Gasteiger partial charge on any atom is 0.295 e. The summed E-state index contributed by atoms with van der Waals surface area (Å²) in [7, 11) is 1.79. The zero-order valence-electron chi connectivity index (χ0n) is 17.9. The Labute approximate surface area is 185 Å². The average molecular weight is 428 g/mol. The van der Waals surface area contributed by atoms with Gasteiger partial charge >= 0.3 is 0 Å². The van der Waals surface area contributed by atoms with Gasteiger partial charge in [-0.15, -0.1) is 0 Å². The summed E-state index contributed by atoms with van der Waals surface area (Å²) in [4.78, 5) is 25.4. The molecule has 0 unspecified atom stereocenters. The number of hydrogen-bond donors (Lipinski definition) is 2. The number of carbonyl (C=O) groups excluding carboxylic acids is 1. The SMILES string of the molecule is Cc1c(NC(=O)CNc2ccc(Oc3ccccc3)cc2)c(=O)n(-c2ccccc2)n1C. The summed E-state index contributed by atoms with van der Waals surface area (Å²) < 4.78 is 9.03. The van der Waals surface area contributed by atoms with E-state index in [1.54, 1.807) is 18.7 Å². The fourth-order valence-corrected chi connectivity index (χ4v) is 3.34. The number of nitrogens with zero attached hydrogens (tertiary/aromatic N) is 2. The Bertz CT molecular complexity index is 1260. The normalized spacial score (nSPS) is 10.6. The molecule has 0 aliphatic rings. The number of anilines is 2. The third-order valence-corrected chi connectivity index (χ3v) is 5.10. The van der Waals surface area contributed by atoms with Crippen molar-refractivity contribution in [2.45, 2.75) is 6.92 Å². The summed E-state index contributed by atoms with van der Waals surface area (Å²) in [5.41, 5.74) is 2.18. The van der Waals surface area contributed by atoms with Gasteiger partial charge in [0.2, 0.25) is 5.91 Å². The van der Waals surface area contributed by atoms with E-state index in [0.717, 1.165) is 17.1 Å². The molecule has 0 bridgehead atoms. The highest BCUT2D eigenvalue weighted by atomic mass is 16.5. The summed E-state index contributed by atoms with van der Waals surface area (Å²) >= 11 is 0. The standard InChI is InChI=1S/C25H24N4O3/c1-18-24(25(31)29(28(18)2)20-9-5-3-6-10-20)27-23(30)17-26-19-13-15-22(16-14-19)32-21-11-7-4-8-12-21/h3-16,26H,17H2,1-2H3,(H,27,30). The second-order valence-corrected chi connectivity index (χ2v) is 7.28. The summed E-state index contributed by atoms with van der Waals surface area (Å²) in [6.45, 7) is 1.83. The molecular formula is C25H24N4O3. The van der Waals surface area contributed by atoms with Crippen LogP contribution in [0.15, 0.2) is 89.7 Å². The fraction of sp³-hybridized carbons (Fsp3) is 0.120. The molecule has 32 heavy (non-hydrogen) atoms. The number of carbonyl (C=O) groups is 1. The second-order valence-electron chi connectivity index (χ2n) is 7.28. The zero-order chi connectivity index (χ0) is 22.5. The number of rotatable bonds is 7. The first-order chi connectivity index (χ1) is 15.5. The van der Waals surface area contributed by atoms with Gasteiger partial charge in [0.1, 0.15) is 17.2 Å². The minimum Gasteiger partial charge on any atom is -0.457 e. The van der Waals surface area contributed by atoms with Crippen molar-refractivity contribution < 1.29 is 9.53 Å². The van der Waals surface area contributed by atoms with Crippen molar-refractivity contribution in [2.75, 3.05) is 17.2 Å². The molecule has 0 saturated heterocycles.